The van der Waals surface area contributed by atoms with Crippen molar-refractivity contribution in [3.63, 3.8) is 0 Å². The number of nitrogens with one attached hydrogen (secondary N) is 1. The monoisotopic (exact) mass is 400 g/mol. The number of rotatable bonds is 7. The Morgan fingerprint density at radius 2 is 2.04 bits per heavy atom. The molecule has 3 rings (SSSR count). The van der Waals surface area contributed by atoms with Gasteiger partial charge in [-0.15, -0.1) is 12.4 Å². The van der Waals surface area contributed by atoms with E-state index in [1.54, 1.807) is 13.2 Å². The topological polar surface area (TPSA) is 99.2 Å². The van der Waals surface area contributed by atoms with Crippen LogP contribution in [0.2, 0.25) is 0 Å². The molecule has 0 saturated heterocycles. The zero-order valence-corrected chi connectivity index (χ0v) is 16.3. The van der Waals surface area contributed by atoms with Crippen LogP contribution in [-0.4, -0.2) is 37.9 Å². The minimum Gasteiger partial charge on any atom is -0.494 e. The molecule has 1 heterocycles. The molecule has 0 bridgehead atoms. The predicted molar refractivity (Wildman–Crippen MR) is 102 cm³/mol. The molecule has 1 saturated carbocycles. The molecule has 9 heteroatoms. The van der Waals surface area contributed by atoms with Crippen molar-refractivity contribution in [2.24, 2.45) is 11.7 Å². The quantitative estimate of drug-likeness (QED) is 0.741. The third-order valence-corrected chi connectivity index (χ3v) is 6.17. The number of hydrogen-bond donors (Lipinski definition) is 2. The normalized spacial score (nSPS) is 16.2. The van der Waals surface area contributed by atoms with Crippen molar-refractivity contribution in [1.82, 2.24) is 14.5 Å². The van der Waals surface area contributed by atoms with Crippen LogP contribution in [0.15, 0.2) is 41.6 Å². The smallest absolute Gasteiger partial charge is 0.244 e. The van der Waals surface area contributed by atoms with Crippen molar-refractivity contribution >= 4 is 22.4 Å². The molecule has 144 valence electrons. The van der Waals surface area contributed by atoms with Gasteiger partial charge in [-0.1, -0.05) is 25.0 Å². The number of nitrogens with two attached hydrogens (primary N) is 1. The van der Waals surface area contributed by atoms with Crippen LogP contribution in [0, 0.1) is 5.92 Å². The van der Waals surface area contributed by atoms with E-state index in [1.807, 2.05) is 18.2 Å². The molecule has 1 aromatic heterocycles. The molecule has 2 aromatic rings. The van der Waals surface area contributed by atoms with Gasteiger partial charge in [0.1, 0.15) is 16.3 Å². The molecule has 3 N–H and O–H groups in total. The Labute approximate surface area is 160 Å². The van der Waals surface area contributed by atoms with E-state index in [0.29, 0.717) is 23.9 Å². The fourth-order valence-corrected chi connectivity index (χ4v) is 4.61. The number of ether oxygens (including phenoxy) is 1. The Morgan fingerprint density at radius 3 is 2.69 bits per heavy atom. The highest BCUT2D eigenvalue weighted by atomic mass is 35.5. The van der Waals surface area contributed by atoms with E-state index in [0.717, 1.165) is 25.7 Å². The van der Waals surface area contributed by atoms with Crippen molar-refractivity contribution in [1.29, 1.82) is 0 Å². The van der Waals surface area contributed by atoms with Crippen molar-refractivity contribution in [3.8, 4) is 11.4 Å². The van der Waals surface area contributed by atoms with Gasteiger partial charge in [-0.05, 0) is 30.9 Å². The van der Waals surface area contributed by atoms with Crippen LogP contribution in [0.5, 0.6) is 5.75 Å². The summed E-state index contributed by atoms with van der Waals surface area (Å²) in [6.45, 7) is 0.296. The molecule has 1 fully saturated rings. The van der Waals surface area contributed by atoms with E-state index in [9.17, 15) is 8.42 Å². The average Bonchev–Trinajstić information content (AvgIpc) is 3.31. The van der Waals surface area contributed by atoms with Gasteiger partial charge >= 0.3 is 0 Å². The first-order valence-corrected chi connectivity index (χ1v) is 9.94. The molecule has 0 spiro atoms. The molecule has 7 nitrogen and oxygen atoms in total. The molecule has 1 aromatic carbocycles. The summed E-state index contributed by atoms with van der Waals surface area (Å²) in [4.78, 5) is 0.120. The van der Waals surface area contributed by atoms with Crippen molar-refractivity contribution in [2.45, 2.75) is 36.6 Å². The van der Waals surface area contributed by atoms with Crippen molar-refractivity contribution in [2.75, 3.05) is 13.7 Å². The summed E-state index contributed by atoms with van der Waals surface area (Å²) < 4.78 is 35.0. The number of benzene rings is 1. The van der Waals surface area contributed by atoms with Crippen LogP contribution in [0.25, 0.3) is 5.69 Å². The van der Waals surface area contributed by atoms with Crippen LogP contribution >= 0.6 is 12.4 Å². The molecule has 0 amide bonds. The Morgan fingerprint density at radius 1 is 1.35 bits per heavy atom. The van der Waals surface area contributed by atoms with Gasteiger partial charge in [-0.3, -0.25) is 0 Å². The van der Waals surface area contributed by atoms with Crippen molar-refractivity contribution in [3.05, 3.63) is 36.7 Å². The van der Waals surface area contributed by atoms with Crippen LogP contribution in [-0.2, 0) is 10.0 Å². The Bertz CT molecular complexity index is 819. The lowest BCUT2D eigenvalue weighted by molar-refractivity contribution is 0.405. The second-order valence-corrected chi connectivity index (χ2v) is 8.01. The van der Waals surface area contributed by atoms with Gasteiger partial charge in [0, 0.05) is 12.6 Å². The Hall–Kier alpha value is -1.61. The highest BCUT2D eigenvalue weighted by Gasteiger charge is 2.29. The Balaban J connectivity index is 0.00000243. The molecule has 1 unspecified atom stereocenters. The summed E-state index contributed by atoms with van der Waals surface area (Å²) in [5.41, 5.74) is 6.49. The van der Waals surface area contributed by atoms with Gasteiger partial charge < -0.3 is 10.5 Å². The van der Waals surface area contributed by atoms with Crippen LogP contribution in [0.4, 0.5) is 0 Å². The Kier molecular flexibility index (Phi) is 7.05. The lowest BCUT2D eigenvalue weighted by Crippen LogP contribution is -2.44. The van der Waals surface area contributed by atoms with Crippen LogP contribution in [0.1, 0.15) is 25.7 Å². The molecule has 1 atom stereocenters. The second kappa shape index (κ2) is 8.85. The fourth-order valence-electron chi connectivity index (χ4n) is 3.36. The number of para-hydroxylation sites is 2. The summed E-state index contributed by atoms with van der Waals surface area (Å²) in [5, 5.41) is 4.18. The summed E-state index contributed by atoms with van der Waals surface area (Å²) in [6.07, 6.45) is 7.14. The summed E-state index contributed by atoms with van der Waals surface area (Å²) in [5.74, 6) is 0.928. The van der Waals surface area contributed by atoms with E-state index >= 15 is 0 Å². The zero-order valence-electron chi connectivity index (χ0n) is 14.7. The predicted octanol–water partition coefficient (Wildman–Crippen LogP) is 2.10. The molecule has 1 aliphatic carbocycles. The molecular formula is C17H25ClN4O3S. The highest BCUT2D eigenvalue weighted by Crippen LogP contribution is 2.28. The minimum absolute atomic E-state index is 0. The third-order valence-electron chi connectivity index (χ3n) is 4.73. The van der Waals surface area contributed by atoms with E-state index in [2.05, 4.69) is 9.82 Å². The zero-order chi connectivity index (χ0) is 17.9. The van der Waals surface area contributed by atoms with Gasteiger partial charge in [-0.2, -0.15) is 5.10 Å². The van der Waals surface area contributed by atoms with E-state index < -0.39 is 10.0 Å². The van der Waals surface area contributed by atoms with E-state index in [1.165, 1.54) is 17.1 Å². The van der Waals surface area contributed by atoms with Gasteiger partial charge in [-0.25, -0.2) is 17.8 Å². The maximum atomic E-state index is 12.7. The van der Waals surface area contributed by atoms with Gasteiger partial charge in [0.05, 0.1) is 19.5 Å². The average molecular weight is 401 g/mol. The number of sulfonamides is 1. The lowest BCUT2D eigenvalue weighted by Gasteiger charge is -2.22. The molecule has 0 radical (unpaired) electrons. The number of nitrogens with zero attached hydrogens (tertiary/aromatic N) is 2. The van der Waals surface area contributed by atoms with Crippen molar-refractivity contribution < 1.29 is 13.2 Å². The SMILES string of the molecule is COc1ccccc1-n1cc(S(=O)(=O)NC(CN)C2CCCC2)cn1.Cl. The van der Waals surface area contributed by atoms with E-state index in [-0.39, 0.29) is 23.3 Å². The molecule has 1 aliphatic rings. The largest absolute Gasteiger partial charge is 0.494 e. The third kappa shape index (κ3) is 4.37. The standard InChI is InChI=1S/C17H24N4O3S.ClH/c1-24-17-9-5-4-8-16(17)21-12-14(11-19-21)25(22,23)20-15(10-18)13-6-2-3-7-13;/h4-5,8-9,11-13,15,20H,2-3,6-7,10,18H2,1H3;1H. The van der Waals surface area contributed by atoms with E-state index in [4.69, 9.17) is 10.5 Å². The van der Waals surface area contributed by atoms with Gasteiger partial charge in [0.2, 0.25) is 10.0 Å². The summed E-state index contributed by atoms with van der Waals surface area (Å²) in [6, 6.07) is 7.07. The molecule has 26 heavy (non-hydrogen) atoms. The number of aromatic nitrogens is 2. The van der Waals surface area contributed by atoms with Crippen LogP contribution < -0.4 is 15.2 Å². The maximum absolute atomic E-state index is 12.7. The van der Waals surface area contributed by atoms with Gasteiger partial charge in [0.25, 0.3) is 0 Å². The first kappa shape index (κ1) is 20.7. The molecule has 0 aliphatic heterocycles. The minimum atomic E-state index is -3.67. The summed E-state index contributed by atoms with van der Waals surface area (Å²) in [7, 11) is -2.11. The first-order valence-electron chi connectivity index (χ1n) is 8.45. The lowest BCUT2D eigenvalue weighted by atomic mass is 9.99. The summed E-state index contributed by atoms with van der Waals surface area (Å²) >= 11 is 0. The highest BCUT2D eigenvalue weighted by molar-refractivity contribution is 7.89. The van der Waals surface area contributed by atoms with Crippen LogP contribution in [0.3, 0.4) is 0 Å². The number of hydrogen-bond acceptors (Lipinski definition) is 5. The number of methoxy groups -OCH3 is 1. The fraction of sp³-hybridized carbons (Fsp3) is 0.471. The second-order valence-electron chi connectivity index (χ2n) is 6.30. The first-order chi connectivity index (χ1) is 12.0. The maximum Gasteiger partial charge on any atom is 0.244 e. The molecular weight excluding hydrogens is 376 g/mol. The van der Waals surface area contributed by atoms with Gasteiger partial charge in [0.15, 0.2) is 0 Å². The number of halogens is 1.